The number of carboxylic acids is 2. The van der Waals surface area contributed by atoms with E-state index in [0.717, 1.165) is 49.0 Å². The summed E-state index contributed by atoms with van der Waals surface area (Å²) in [4.78, 5) is 168. The van der Waals surface area contributed by atoms with Crippen molar-refractivity contribution in [3.05, 3.63) is 159 Å². The molecule has 0 fully saturated rings. The molecular weight excluding hydrogens is 1440 g/mol. The van der Waals surface area contributed by atoms with E-state index in [-0.39, 0.29) is 123 Å². The molecule has 16 N–H and O–H groups in total. The molecule has 5 heterocycles. The Bertz CT molecular complexity index is 4870. The molecule has 5 atom stereocenters. The standard InChI is InChI=1S/C72H76BrN15O14S2/c1-37(81-61(94)9-5-19-77-66(97)40-12-14-46(15-13-40)79-33-47-34-80-65-64(82-47)68(99)87-72(76)86-65)57(90)28-41(6-4-20-78-71(74)75)67(98)85-54(30-62(95)96)60(93)29-44(70(101)102)36-104-103-21-18-48(89)24-38-10-16-51-42(22-38)26-53(83-51)59(92)25-39-11-17-52-43(23-39)27-55(84-52)69(100)88-35-45(32-73)63-50-8-3-2-7-49(50)58(91)31-56(63)88/h2-3,7-8,10-17,22-23,26-27,31,34,37,41,44-45,54,79,83-84,91H,4-6,9,18-21,24-25,28-30,32-33,35-36H2,1H3,(H,77,97)(H,81,94)(H,85,98)(H,95,96)(H,101,102)(H4,74,75,78)(H3,76,80,86,87,99)/t37-,41+,44-,45?,54-/m0/s1. The number of nitrogens with one attached hydrogen (secondary N) is 9. The van der Waals surface area contributed by atoms with Gasteiger partial charge in [-0.3, -0.25) is 63.1 Å². The first kappa shape index (κ1) is 75.7. The van der Waals surface area contributed by atoms with E-state index in [1.165, 1.54) is 23.9 Å². The van der Waals surface area contributed by atoms with Gasteiger partial charge in [0.2, 0.25) is 17.8 Å². The van der Waals surface area contributed by atoms with Gasteiger partial charge in [0.15, 0.2) is 34.5 Å². The van der Waals surface area contributed by atoms with Crippen LogP contribution in [-0.4, -0.2) is 158 Å². The lowest BCUT2D eigenvalue weighted by molar-refractivity contribution is -0.144. The van der Waals surface area contributed by atoms with Gasteiger partial charge in [-0.25, -0.2) is 9.97 Å². The second-order valence-corrected chi connectivity index (χ2v) is 28.6. The van der Waals surface area contributed by atoms with Crippen molar-refractivity contribution in [2.45, 2.75) is 95.7 Å². The van der Waals surface area contributed by atoms with Crippen molar-refractivity contribution >= 4 is 163 Å². The number of H-pyrrole nitrogens is 3. The number of guanidine groups is 1. The van der Waals surface area contributed by atoms with Crippen molar-refractivity contribution in [1.29, 1.82) is 5.41 Å². The van der Waals surface area contributed by atoms with E-state index in [9.17, 15) is 68.1 Å². The number of phenols is 1. The summed E-state index contributed by atoms with van der Waals surface area (Å²) in [6, 6.07) is 27.4. The largest absolute Gasteiger partial charge is 0.507 e. The molecule has 1 aliphatic rings. The summed E-state index contributed by atoms with van der Waals surface area (Å²) in [5.74, 6) is -9.19. The number of carboxylic acid groups (broad SMARTS) is 2. The first-order valence-corrected chi connectivity index (χ1v) is 37.0. The summed E-state index contributed by atoms with van der Waals surface area (Å²) in [7, 11) is 2.33. The molecular formula is C72H76BrN15O14S2. The number of ketones is 4. The zero-order valence-electron chi connectivity index (χ0n) is 56.3. The number of aromatic nitrogens is 6. The molecule has 1 aliphatic heterocycles. The molecule has 5 aromatic carbocycles. The van der Waals surface area contributed by atoms with Crippen LogP contribution in [0.5, 0.6) is 5.75 Å². The van der Waals surface area contributed by atoms with Crippen molar-refractivity contribution in [3.63, 3.8) is 0 Å². The summed E-state index contributed by atoms with van der Waals surface area (Å²) in [5.41, 5.74) is 17.3. The SMILES string of the molecule is C[C@H](NC(=O)CCCNC(=O)c1ccc(NCc2cnc3nc(N)[nH]c(=O)c3n2)cc1)C(=O)C[C@@H](CCCNC(=N)N)C(=O)N[C@@H](CC(=O)O)C(=O)C[C@@H](CSSCCC(=O)Cc1ccc2[nH]c(C(=O)Cc3ccc4[nH]c(C(=O)N5CC(CBr)c6c5cc(O)c5ccccc65)cc4c3)cc2c1)C(=O)O. The number of nitrogens with two attached hydrogens (primary N) is 2. The highest BCUT2D eigenvalue weighted by molar-refractivity contribution is 9.09. The number of aromatic hydroxyl groups is 1. The number of alkyl halides is 1. The molecule has 0 bridgehead atoms. The normalized spacial score (nSPS) is 13.8. The van der Waals surface area contributed by atoms with Crippen LogP contribution in [0.4, 0.5) is 17.3 Å². The topological polar surface area (TPSA) is 474 Å². The third-order valence-corrected chi connectivity index (χ3v) is 20.9. The van der Waals surface area contributed by atoms with Gasteiger partial charge in [0.05, 0.1) is 54.2 Å². The third-order valence-electron chi connectivity index (χ3n) is 17.6. The van der Waals surface area contributed by atoms with Crippen LogP contribution in [0.15, 0.2) is 114 Å². The summed E-state index contributed by atoms with van der Waals surface area (Å²) >= 11 is 3.63. The van der Waals surface area contributed by atoms with E-state index >= 15 is 0 Å². The zero-order valence-corrected chi connectivity index (χ0v) is 59.5. The Labute approximate surface area is 610 Å². The van der Waals surface area contributed by atoms with Gasteiger partial charge in [-0.15, -0.1) is 0 Å². The Morgan fingerprint density at radius 3 is 2.14 bits per heavy atom. The number of aliphatic carboxylic acids is 2. The van der Waals surface area contributed by atoms with Crippen LogP contribution in [0, 0.1) is 17.2 Å². The van der Waals surface area contributed by atoms with E-state index in [1.54, 1.807) is 59.5 Å². The summed E-state index contributed by atoms with van der Waals surface area (Å²) in [5, 5.41) is 55.6. The van der Waals surface area contributed by atoms with E-state index in [2.05, 4.69) is 72.4 Å². The van der Waals surface area contributed by atoms with Gasteiger partial charge in [-0.1, -0.05) is 73.9 Å². The molecule has 0 saturated carbocycles. The molecule has 4 aromatic heterocycles. The molecule has 1 unspecified atom stereocenters. The number of fused-ring (bicyclic) bond motifs is 6. The number of anilines is 3. The van der Waals surface area contributed by atoms with Crippen LogP contribution >= 0.6 is 37.5 Å². The molecule has 104 heavy (non-hydrogen) atoms. The molecule has 32 heteroatoms. The number of rotatable bonds is 37. The minimum absolute atomic E-state index is 0.00426. The fourth-order valence-corrected chi connectivity index (χ4v) is 15.1. The lowest BCUT2D eigenvalue weighted by atomic mass is 9.92. The number of nitrogens with zero attached hydrogens (tertiary/aromatic N) is 4. The molecule has 9 aromatic rings. The molecule has 0 radical (unpaired) electrons. The molecule has 4 amide bonds. The summed E-state index contributed by atoms with van der Waals surface area (Å²) < 4.78 is 0. The predicted molar refractivity (Wildman–Crippen MR) is 399 cm³/mol. The monoisotopic (exact) mass is 1520 g/mol. The predicted octanol–water partition coefficient (Wildman–Crippen LogP) is 7.35. The number of hydrogen-bond donors (Lipinski definition) is 14. The first-order valence-electron chi connectivity index (χ1n) is 33.3. The number of nitrogen functional groups attached to an aromatic ring is 1. The number of amides is 4. The van der Waals surface area contributed by atoms with Gasteiger partial charge < -0.3 is 68.2 Å². The van der Waals surface area contributed by atoms with Gasteiger partial charge in [0.25, 0.3) is 17.4 Å². The molecule has 29 nitrogen and oxygen atoms in total. The highest BCUT2D eigenvalue weighted by Crippen LogP contribution is 2.46. The number of hydrogen-bond acceptors (Lipinski definition) is 20. The lowest BCUT2D eigenvalue weighted by Crippen LogP contribution is -2.47. The van der Waals surface area contributed by atoms with Crippen molar-refractivity contribution in [2.24, 2.45) is 17.6 Å². The smallest absolute Gasteiger partial charge is 0.307 e. The van der Waals surface area contributed by atoms with E-state index in [1.807, 2.05) is 48.5 Å². The van der Waals surface area contributed by atoms with Gasteiger partial charge in [0.1, 0.15) is 17.2 Å². The minimum atomic E-state index is -1.68. The zero-order chi connectivity index (χ0) is 74.3. The Kier molecular flexibility index (Phi) is 25.3. The highest BCUT2D eigenvalue weighted by Gasteiger charge is 2.36. The first-order chi connectivity index (χ1) is 49.9. The summed E-state index contributed by atoms with van der Waals surface area (Å²) in [6.07, 6.45) is 0.0300. The summed E-state index contributed by atoms with van der Waals surface area (Å²) in [6.45, 7) is 2.28. The van der Waals surface area contributed by atoms with Gasteiger partial charge in [0, 0.05) is 131 Å². The van der Waals surface area contributed by atoms with Crippen LogP contribution in [0.3, 0.4) is 0 Å². The number of aromatic amines is 3. The van der Waals surface area contributed by atoms with Crippen LogP contribution in [0.25, 0.3) is 43.7 Å². The number of phenolic OH excluding ortho intramolecular Hbond substituents is 1. The van der Waals surface area contributed by atoms with Gasteiger partial charge in [-0.05, 0) is 109 Å². The number of carbonyl (C=O) groups is 10. The fourth-order valence-electron chi connectivity index (χ4n) is 12.2. The average molecular weight is 1520 g/mol. The van der Waals surface area contributed by atoms with E-state index in [4.69, 9.17) is 16.9 Å². The lowest BCUT2D eigenvalue weighted by Gasteiger charge is -2.23. The van der Waals surface area contributed by atoms with Gasteiger partial charge >= 0.3 is 11.9 Å². The second kappa shape index (κ2) is 34.8. The van der Waals surface area contributed by atoms with Crippen LogP contribution < -0.4 is 48.5 Å². The fraction of sp³-hybridized carbons (Fsp3) is 0.319. The maximum Gasteiger partial charge on any atom is 0.307 e. The van der Waals surface area contributed by atoms with Crippen molar-refractivity contribution in [3.8, 4) is 5.75 Å². The van der Waals surface area contributed by atoms with Crippen molar-refractivity contribution < 1.29 is 63.3 Å². The number of benzene rings is 5. The average Bonchev–Trinajstić information content (AvgIpc) is 1.57. The maximum absolute atomic E-state index is 14.1. The van der Waals surface area contributed by atoms with E-state index in [0.29, 0.717) is 62.7 Å². The third kappa shape index (κ3) is 19.6. The Morgan fingerprint density at radius 1 is 0.760 bits per heavy atom. The van der Waals surface area contributed by atoms with Gasteiger partial charge in [-0.2, -0.15) is 4.98 Å². The van der Waals surface area contributed by atoms with E-state index < -0.39 is 90.0 Å². The maximum atomic E-state index is 14.1. The second-order valence-electron chi connectivity index (χ2n) is 25.3. The highest BCUT2D eigenvalue weighted by atomic mass is 79.9. The molecule has 10 rings (SSSR count). The Hall–Kier alpha value is -11.0. The molecule has 0 aliphatic carbocycles. The molecule has 0 saturated heterocycles. The number of carbonyl (C=O) groups excluding carboxylic acids is 8. The quantitative estimate of drug-likeness (QED) is 0.00452. The van der Waals surface area contributed by atoms with Crippen LogP contribution in [0.1, 0.15) is 118 Å². The van der Waals surface area contributed by atoms with Crippen molar-refractivity contribution in [2.75, 3.05) is 52.4 Å². The minimum Gasteiger partial charge on any atom is -0.507 e. The van der Waals surface area contributed by atoms with Crippen LogP contribution in [-0.2, 0) is 52.9 Å². The number of Topliss-reactive ketones (excluding diaryl/α,β-unsaturated/α-hetero) is 4. The Morgan fingerprint density at radius 2 is 1.44 bits per heavy atom. The van der Waals surface area contributed by atoms with Crippen LogP contribution in [0.2, 0.25) is 0 Å². The Balaban J connectivity index is 0.643. The molecule has 0 spiro atoms. The molecule has 542 valence electrons. The van der Waals surface area contributed by atoms with Crippen molar-refractivity contribution in [1.82, 2.24) is 51.2 Å². The number of halogens is 1.